The highest BCUT2D eigenvalue weighted by atomic mass is 32.2. The molecule has 3 atom stereocenters. The van der Waals surface area contributed by atoms with E-state index in [1.807, 2.05) is 0 Å². The maximum absolute atomic E-state index is 3.84. The van der Waals surface area contributed by atoms with Crippen LogP contribution in [0.25, 0.3) is 0 Å². The van der Waals surface area contributed by atoms with Gasteiger partial charge in [-0.05, 0) is 49.7 Å². The predicted octanol–water partition coefficient (Wildman–Crippen LogP) is 4.71. The van der Waals surface area contributed by atoms with Crippen molar-refractivity contribution in [1.82, 2.24) is 5.32 Å². The Morgan fingerprint density at radius 1 is 1.17 bits per heavy atom. The lowest BCUT2D eigenvalue weighted by molar-refractivity contribution is 0.213. The number of hydrogen-bond donors (Lipinski definition) is 1. The van der Waals surface area contributed by atoms with Crippen LogP contribution in [-0.2, 0) is 0 Å². The molecule has 1 fully saturated rings. The monoisotopic (exact) mass is 271 g/mol. The molecular formula is C16H33NS. The molecule has 2 heteroatoms. The number of nitrogens with one attached hydrogen (secondary N) is 1. The third kappa shape index (κ3) is 5.97. The molecule has 1 aliphatic carbocycles. The largest absolute Gasteiger partial charge is 0.311 e. The standard InChI is InChI=1S/C16H33NS/c1-6-18-12-13(2)17-15-9-7-8-14(10-11-15)16(3,4)5/h13-15,17H,6-12H2,1-5H3. The van der Waals surface area contributed by atoms with Gasteiger partial charge in [-0.15, -0.1) is 0 Å². The highest BCUT2D eigenvalue weighted by Crippen LogP contribution is 2.36. The zero-order chi connectivity index (χ0) is 13.6. The molecule has 0 radical (unpaired) electrons. The normalized spacial score (nSPS) is 27.8. The highest BCUT2D eigenvalue weighted by Gasteiger charge is 2.27. The Kier molecular flexibility index (Phi) is 7.08. The fraction of sp³-hybridized carbons (Fsp3) is 1.00. The van der Waals surface area contributed by atoms with Crippen molar-refractivity contribution in [3.8, 4) is 0 Å². The van der Waals surface area contributed by atoms with Crippen LogP contribution in [0.2, 0.25) is 0 Å². The second kappa shape index (κ2) is 7.79. The van der Waals surface area contributed by atoms with Gasteiger partial charge in [-0.3, -0.25) is 0 Å². The van der Waals surface area contributed by atoms with Crippen LogP contribution in [0.15, 0.2) is 0 Å². The van der Waals surface area contributed by atoms with Crippen LogP contribution in [0.1, 0.15) is 66.7 Å². The molecule has 1 rings (SSSR count). The van der Waals surface area contributed by atoms with Crippen molar-refractivity contribution in [3.63, 3.8) is 0 Å². The Labute approximate surface area is 119 Å². The molecule has 1 saturated carbocycles. The van der Waals surface area contributed by atoms with E-state index in [1.165, 1.54) is 43.6 Å². The van der Waals surface area contributed by atoms with Crippen molar-refractivity contribution in [2.24, 2.45) is 11.3 Å². The van der Waals surface area contributed by atoms with Gasteiger partial charge in [0.1, 0.15) is 0 Å². The molecule has 0 spiro atoms. The summed E-state index contributed by atoms with van der Waals surface area (Å²) in [6.07, 6.45) is 7.01. The Morgan fingerprint density at radius 3 is 2.50 bits per heavy atom. The van der Waals surface area contributed by atoms with Crippen molar-refractivity contribution >= 4 is 11.8 Å². The maximum Gasteiger partial charge on any atom is 0.0132 e. The second-order valence-electron chi connectivity index (χ2n) is 7.00. The van der Waals surface area contributed by atoms with E-state index in [2.05, 4.69) is 51.7 Å². The Balaban J connectivity index is 2.33. The Bertz CT molecular complexity index is 222. The minimum atomic E-state index is 0.499. The SMILES string of the molecule is CCSCC(C)NC1CCCC(C(C)(C)C)CC1. The molecule has 18 heavy (non-hydrogen) atoms. The first-order chi connectivity index (χ1) is 8.43. The molecule has 1 aliphatic rings. The van der Waals surface area contributed by atoms with Crippen LogP contribution in [-0.4, -0.2) is 23.6 Å². The molecule has 0 heterocycles. The van der Waals surface area contributed by atoms with Gasteiger partial charge in [0.25, 0.3) is 0 Å². The van der Waals surface area contributed by atoms with E-state index in [4.69, 9.17) is 0 Å². The van der Waals surface area contributed by atoms with Crippen LogP contribution in [0.4, 0.5) is 0 Å². The van der Waals surface area contributed by atoms with Gasteiger partial charge in [0.05, 0.1) is 0 Å². The van der Waals surface area contributed by atoms with Crippen LogP contribution in [0.3, 0.4) is 0 Å². The smallest absolute Gasteiger partial charge is 0.0132 e. The Morgan fingerprint density at radius 2 is 1.89 bits per heavy atom. The lowest BCUT2D eigenvalue weighted by atomic mass is 9.76. The third-order valence-electron chi connectivity index (χ3n) is 4.29. The first-order valence-corrected chi connectivity index (χ1v) is 8.92. The van der Waals surface area contributed by atoms with Crippen LogP contribution >= 0.6 is 11.8 Å². The summed E-state index contributed by atoms with van der Waals surface area (Å²) in [5, 5.41) is 3.84. The maximum atomic E-state index is 3.84. The van der Waals surface area contributed by atoms with Gasteiger partial charge >= 0.3 is 0 Å². The number of hydrogen-bond acceptors (Lipinski definition) is 2. The van der Waals surface area contributed by atoms with Crippen molar-refractivity contribution < 1.29 is 0 Å². The summed E-state index contributed by atoms with van der Waals surface area (Å²) in [5.74, 6) is 3.42. The topological polar surface area (TPSA) is 12.0 Å². The molecule has 3 unspecified atom stereocenters. The molecule has 108 valence electrons. The van der Waals surface area contributed by atoms with E-state index >= 15 is 0 Å². The van der Waals surface area contributed by atoms with E-state index < -0.39 is 0 Å². The van der Waals surface area contributed by atoms with E-state index in [-0.39, 0.29) is 0 Å². The summed E-state index contributed by atoms with van der Waals surface area (Å²) >= 11 is 2.05. The number of thioether (sulfide) groups is 1. The molecule has 1 N–H and O–H groups in total. The average molecular weight is 272 g/mol. The molecule has 0 aromatic carbocycles. The molecule has 0 aliphatic heterocycles. The predicted molar refractivity (Wildman–Crippen MR) is 85.4 cm³/mol. The first kappa shape index (κ1) is 16.4. The van der Waals surface area contributed by atoms with Gasteiger partial charge in [0.15, 0.2) is 0 Å². The van der Waals surface area contributed by atoms with Crippen LogP contribution in [0, 0.1) is 11.3 Å². The lowest BCUT2D eigenvalue weighted by Gasteiger charge is -2.30. The van der Waals surface area contributed by atoms with E-state index in [0.29, 0.717) is 11.5 Å². The summed E-state index contributed by atoms with van der Waals surface area (Å²) in [6, 6.07) is 1.44. The van der Waals surface area contributed by atoms with Crippen LogP contribution < -0.4 is 5.32 Å². The fourth-order valence-corrected chi connectivity index (χ4v) is 3.76. The fourth-order valence-electron chi connectivity index (χ4n) is 3.08. The van der Waals surface area contributed by atoms with Gasteiger partial charge in [0, 0.05) is 17.8 Å². The van der Waals surface area contributed by atoms with Gasteiger partial charge in [-0.2, -0.15) is 11.8 Å². The van der Waals surface area contributed by atoms with Crippen molar-refractivity contribution in [1.29, 1.82) is 0 Å². The summed E-state index contributed by atoms with van der Waals surface area (Å²) < 4.78 is 0. The molecule has 0 amide bonds. The first-order valence-electron chi connectivity index (χ1n) is 7.77. The van der Waals surface area contributed by atoms with Gasteiger partial charge in [0.2, 0.25) is 0 Å². The minimum Gasteiger partial charge on any atom is -0.311 e. The number of rotatable bonds is 5. The zero-order valence-corrected chi connectivity index (χ0v) is 13.9. The van der Waals surface area contributed by atoms with Gasteiger partial charge in [-0.25, -0.2) is 0 Å². The third-order valence-corrected chi connectivity index (χ3v) is 5.43. The highest BCUT2D eigenvalue weighted by molar-refractivity contribution is 7.99. The summed E-state index contributed by atoms with van der Waals surface area (Å²) in [4.78, 5) is 0. The zero-order valence-electron chi connectivity index (χ0n) is 13.1. The molecule has 0 aromatic heterocycles. The quantitative estimate of drug-likeness (QED) is 0.727. The van der Waals surface area contributed by atoms with Crippen molar-refractivity contribution in [2.75, 3.05) is 11.5 Å². The van der Waals surface area contributed by atoms with Crippen molar-refractivity contribution in [3.05, 3.63) is 0 Å². The summed E-state index contributed by atoms with van der Waals surface area (Å²) in [6.45, 7) is 11.8. The minimum absolute atomic E-state index is 0.499. The Hall–Kier alpha value is 0.310. The summed E-state index contributed by atoms with van der Waals surface area (Å²) in [7, 11) is 0. The average Bonchev–Trinajstić information content (AvgIpc) is 2.51. The molecule has 1 nitrogen and oxygen atoms in total. The van der Waals surface area contributed by atoms with E-state index in [1.54, 1.807) is 0 Å². The van der Waals surface area contributed by atoms with Gasteiger partial charge < -0.3 is 5.32 Å². The molecule has 0 aromatic rings. The second-order valence-corrected chi connectivity index (χ2v) is 8.31. The van der Waals surface area contributed by atoms with Crippen LogP contribution in [0.5, 0.6) is 0 Å². The summed E-state index contributed by atoms with van der Waals surface area (Å²) in [5.41, 5.74) is 0.499. The molecule has 0 saturated heterocycles. The van der Waals surface area contributed by atoms with Gasteiger partial charge in [-0.1, -0.05) is 34.1 Å². The van der Waals surface area contributed by atoms with E-state index in [0.717, 1.165) is 12.0 Å². The lowest BCUT2D eigenvalue weighted by Crippen LogP contribution is -2.37. The molecule has 0 bridgehead atoms. The molecular weight excluding hydrogens is 238 g/mol. The van der Waals surface area contributed by atoms with E-state index in [9.17, 15) is 0 Å². The van der Waals surface area contributed by atoms with Crippen molar-refractivity contribution in [2.45, 2.75) is 78.8 Å².